The first-order chi connectivity index (χ1) is 14.9. The molecule has 1 N–H and O–H groups in total. The molecule has 1 aromatic heterocycles. The number of nitrogens with one attached hydrogen (secondary N) is 1. The predicted molar refractivity (Wildman–Crippen MR) is 102 cm³/mol. The van der Waals surface area contributed by atoms with Gasteiger partial charge in [-0.3, -0.25) is 9.58 Å². The molecule has 3 aliphatic rings. The molecule has 1 unspecified atom stereocenters. The first-order valence-electron chi connectivity index (χ1n) is 9.83. The van der Waals surface area contributed by atoms with Crippen LogP contribution in [0.5, 0.6) is 0 Å². The first-order valence-corrected chi connectivity index (χ1v) is 9.83. The van der Waals surface area contributed by atoms with E-state index >= 15 is 0 Å². The highest BCUT2D eigenvalue weighted by Gasteiger charge is 2.41. The molecule has 164 valence electrons. The zero-order chi connectivity index (χ0) is 21.7. The first kappa shape index (κ1) is 19.7. The zero-order valence-corrected chi connectivity index (χ0v) is 16.4. The highest BCUT2D eigenvalue weighted by atomic mass is 19.2. The molecule has 0 saturated carbocycles. The van der Waals surface area contributed by atoms with E-state index in [0.717, 1.165) is 12.1 Å². The number of morpholine rings is 1. The second-order valence-electron chi connectivity index (χ2n) is 7.62. The summed E-state index contributed by atoms with van der Waals surface area (Å²) in [5.74, 6) is -4.37. The van der Waals surface area contributed by atoms with Crippen molar-refractivity contribution in [3.8, 4) is 0 Å². The van der Waals surface area contributed by atoms with E-state index in [2.05, 4.69) is 10.4 Å². The van der Waals surface area contributed by atoms with Gasteiger partial charge < -0.3 is 19.9 Å². The Kier molecular flexibility index (Phi) is 4.73. The molecular weight excluding hydrogens is 417 g/mol. The third kappa shape index (κ3) is 3.36. The summed E-state index contributed by atoms with van der Waals surface area (Å²) in [6.07, 6.45) is 1.61. The lowest BCUT2D eigenvalue weighted by molar-refractivity contribution is 0.0300. The minimum absolute atomic E-state index is 0.0249. The van der Waals surface area contributed by atoms with E-state index < -0.39 is 23.5 Å². The van der Waals surface area contributed by atoms with Crippen molar-refractivity contribution in [2.45, 2.75) is 19.1 Å². The van der Waals surface area contributed by atoms with Crippen LogP contribution in [-0.2, 0) is 17.8 Å². The van der Waals surface area contributed by atoms with Gasteiger partial charge >= 0.3 is 12.1 Å². The fourth-order valence-corrected chi connectivity index (χ4v) is 4.16. The van der Waals surface area contributed by atoms with E-state index in [1.807, 2.05) is 0 Å². The lowest BCUT2D eigenvalue weighted by atomic mass is 10.2. The molecular formula is C19H19F3N6O3. The van der Waals surface area contributed by atoms with Crippen molar-refractivity contribution in [3.63, 3.8) is 0 Å². The van der Waals surface area contributed by atoms with Crippen LogP contribution in [0.15, 0.2) is 18.3 Å². The van der Waals surface area contributed by atoms with Gasteiger partial charge in [-0.25, -0.2) is 22.8 Å². The van der Waals surface area contributed by atoms with Crippen LogP contribution in [0.25, 0.3) is 0 Å². The fourth-order valence-electron chi connectivity index (χ4n) is 4.16. The fraction of sp³-hybridized carbons (Fsp3) is 0.421. The molecule has 2 fully saturated rings. The molecule has 3 aliphatic heterocycles. The second kappa shape index (κ2) is 7.45. The lowest BCUT2D eigenvalue weighted by Gasteiger charge is -2.29. The number of halogens is 3. The normalized spacial score (nSPS) is 20.7. The molecule has 0 aliphatic carbocycles. The van der Waals surface area contributed by atoms with Crippen LogP contribution < -0.4 is 10.2 Å². The average molecular weight is 436 g/mol. The zero-order valence-electron chi connectivity index (χ0n) is 16.4. The smallest absolute Gasteiger partial charge is 0.325 e. The molecule has 0 radical (unpaired) electrons. The van der Waals surface area contributed by atoms with Crippen LogP contribution in [-0.4, -0.2) is 70.5 Å². The number of aromatic nitrogens is 2. The number of anilines is 2. The van der Waals surface area contributed by atoms with Crippen LogP contribution in [0.3, 0.4) is 0 Å². The molecule has 2 saturated heterocycles. The number of hydrogen-bond donors (Lipinski definition) is 1. The third-order valence-electron chi connectivity index (χ3n) is 5.76. The number of fused-ring (bicyclic) bond motifs is 2. The standard InChI is InChI=1S/C19H19F3N6O3/c20-13-5-11(6-14(21)17(13)22)24-18(29)25-1-2-28-16(9-25)15(7-23-28)27-8-12-10-31-4-3-26(12)19(27)30/h5-7,12H,1-4,8-10H2,(H,24,29). The van der Waals surface area contributed by atoms with E-state index in [4.69, 9.17) is 4.74 Å². The van der Waals surface area contributed by atoms with Crippen LogP contribution in [0.2, 0.25) is 0 Å². The predicted octanol–water partition coefficient (Wildman–Crippen LogP) is 1.99. The summed E-state index contributed by atoms with van der Waals surface area (Å²) in [7, 11) is 0. The van der Waals surface area contributed by atoms with Crippen LogP contribution >= 0.6 is 0 Å². The number of nitrogens with zero attached hydrogens (tertiary/aromatic N) is 5. The number of urea groups is 2. The van der Waals surface area contributed by atoms with Gasteiger partial charge in [-0.1, -0.05) is 0 Å². The number of amides is 4. The Balaban J connectivity index is 1.33. The van der Waals surface area contributed by atoms with E-state index in [1.54, 1.807) is 20.7 Å². The largest absolute Gasteiger partial charge is 0.377 e. The molecule has 1 atom stereocenters. The topological polar surface area (TPSA) is 82.9 Å². The third-order valence-corrected chi connectivity index (χ3v) is 5.76. The van der Waals surface area contributed by atoms with Crippen molar-refractivity contribution in [2.24, 2.45) is 0 Å². The highest BCUT2D eigenvalue weighted by Crippen LogP contribution is 2.31. The van der Waals surface area contributed by atoms with Crippen molar-refractivity contribution in [1.29, 1.82) is 0 Å². The summed E-state index contributed by atoms with van der Waals surface area (Å²) in [6, 6.07) is 0.696. The number of rotatable bonds is 2. The highest BCUT2D eigenvalue weighted by molar-refractivity contribution is 5.95. The minimum Gasteiger partial charge on any atom is -0.377 e. The number of hydrogen-bond acceptors (Lipinski definition) is 4. The van der Waals surface area contributed by atoms with Gasteiger partial charge in [0.15, 0.2) is 17.5 Å². The summed E-state index contributed by atoms with van der Waals surface area (Å²) in [6.45, 7) is 2.83. The molecule has 4 heterocycles. The molecule has 31 heavy (non-hydrogen) atoms. The van der Waals surface area contributed by atoms with Gasteiger partial charge in [-0.15, -0.1) is 0 Å². The van der Waals surface area contributed by atoms with Gasteiger partial charge in [0, 0.05) is 30.9 Å². The van der Waals surface area contributed by atoms with Crippen LogP contribution in [0, 0.1) is 17.5 Å². The summed E-state index contributed by atoms with van der Waals surface area (Å²) < 4.78 is 47.2. The van der Waals surface area contributed by atoms with E-state index in [1.165, 1.54) is 4.90 Å². The Morgan fingerprint density at radius 1 is 1.16 bits per heavy atom. The molecule has 0 spiro atoms. The van der Waals surface area contributed by atoms with Crippen molar-refractivity contribution in [3.05, 3.63) is 41.5 Å². The maximum atomic E-state index is 13.4. The van der Waals surface area contributed by atoms with Crippen LogP contribution in [0.4, 0.5) is 34.1 Å². The van der Waals surface area contributed by atoms with Crippen LogP contribution in [0.1, 0.15) is 5.69 Å². The molecule has 5 rings (SSSR count). The molecule has 12 heteroatoms. The van der Waals surface area contributed by atoms with Gasteiger partial charge in [-0.2, -0.15) is 5.10 Å². The van der Waals surface area contributed by atoms with Crippen molar-refractivity contribution >= 4 is 23.4 Å². The Hall–Kier alpha value is -3.28. The summed E-state index contributed by atoms with van der Waals surface area (Å²) in [4.78, 5) is 30.3. The van der Waals surface area contributed by atoms with Crippen molar-refractivity contribution < 1.29 is 27.5 Å². The summed E-state index contributed by atoms with van der Waals surface area (Å²) in [5, 5.41) is 6.72. The lowest BCUT2D eigenvalue weighted by Crippen LogP contribution is -2.44. The maximum Gasteiger partial charge on any atom is 0.325 e. The van der Waals surface area contributed by atoms with Gasteiger partial charge in [0.05, 0.1) is 56.5 Å². The van der Waals surface area contributed by atoms with Gasteiger partial charge in [0.1, 0.15) is 0 Å². The average Bonchev–Trinajstić information content (AvgIpc) is 3.32. The van der Waals surface area contributed by atoms with E-state index in [0.29, 0.717) is 50.8 Å². The molecule has 4 amide bonds. The molecule has 1 aromatic carbocycles. The summed E-state index contributed by atoms with van der Waals surface area (Å²) >= 11 is 0. The number of ether oxygens (including phenoxy) is 1. The molecule has 2 aromatic rings. The van der Waals surface area contributed by atoms with Crippen molar-refractivity contribution in [1.82, 2.24) is 19.6 Å². The Labute approximate surface area is 174 Å². The monoisotopic (exact) mass is 436 g/mol. The minimum atomic E-state index is -1.60. The van der Waals surface area contributed by atoms with Gasteiger partial charge in [0.25, 0.3) is 0 Å². The van der Waals surface area contributed by atoms with Gasteiger partial charge in [-0.05, 0) is 0 Å². The maximum absolute atomic E-state index is 13.4. The second-order valence-corrected chi connectivity index (χ2v) is 7.62. The quantitative estimate of drug-likeness (QED) is 0.730. The van der Waals surface area contributed by atoms with Gasteiger partial charge in [0.2, 0.25) is 0 Å². The van der Waals surface area contributed by atoms with E-state index in [9.17, 15) is 22.8 Å². The Morgan fingerprint density at radius 2 is 1.94 bits per heavy atom. The molecule has 0 bridgehead atoms. The number of carbonyl (C=O) groups excluding carboxylic acids is 2. The van der Waals surface area contributed by atoms with Crippen molar-refractivity contribution in [2.75, 3.05) is 43.1 Å². The molecule has 9 nitrogen and oxygen atoms in total. The summed E-state index contributed by atoms with van der Waals surface area (Å²) in [5.41, 5.74) is 1.12. The van der Waals surface area contributed by atoms with E-state index in [-0.39, 0.29) is 24.3 Å². The Morgan fingerprint density at radius 3 is 2.68 bits per heavy atom. The number of carbonyl (C=O) groups is 2. The Bertz CT molecular complexity index is 1040. The SMILES string of the molecule is O=C(Nc1cc(F)c(F)c(F)c1)N1CCn2ncc(N3CC4COCCN4C3=O)c2C1. The number of benzene rings is 1.